The Kier molecular flexibility index (Phi) is 7.28. The Bertz CT molecular complexity index is 814. The molecule has 5 heteroatoms. The standard InChI is InChI=1S/C24H30N2O3/c1-19(27)26(17-22-10-6-7-11-23(22)29-2)18-24(28)25-14-12-21(13-15-25)16-20-8-4-3-5-9-20/h3-11,21H,12-18H2,1-2H3. The van der Waals surface area contributed by atoms with Crippen LogP contribution >= 0.6 is 0 Å². The van der Waals surface area contributed by atoms with Crippen molar-refractivity contribution in [3.05, 3.63) is 65.7 Å². The predicted octanol–water partition coefficient (Wildman–Crippen LogP) is 3.53. The van der Waals surface area contributed by atoms with Crippen LogP contribution in [-0.2, 0) is 22.6 Å². The van der Waals surface area contributed by atoms with E-state index in [9.17, 15) is 9.59 Å². The van der Waals surface area contributed by atoms with E-state index in [1.165, 1.54) is 12.5 Å². The molecule has 0 radical (unpaired) electrons. The highest BCUT2D eigenvalue weighted by molar-refractivity contribution is 5.84. The highest BCUT2D eigenvalue weighted by Gasteiger charge is 2.25. The molecule has 29 heavy (non-hydrogen) atoms. The van der Waals surface area contributed by atoms with Crippen LogP contribution in [0.1, 0.15) is 30.9 Å². The van der Waals surface area contributed by atoms with E-state index in [2.05, 4.69) is 24.3 Å². The highest BCUT2D eigenvalue weighted by Crippen LogP contribution is 2.23. The molecule has 2 aromatic carbocycles. The molecule has 0 unspecified atom stereocenters. The Labute approximate surface area is 173 Å². The van der Waals surface area contributed by atoms with Gasteiger partial charge in [-0.2, -0.15) is 0 Å². The molecule has 0 aliphatic carbocycles. The van der Waals surface area contributed by atoms with Crippen LogP contribution in [0.25, 0.3) is 0 Å². The Morgan fingerprint density at radius 1 is 1.03 bits per heavy atom. The summed E-state index contributed by atoms with van der Waals surface area (Å²) >= 11 is 0. The highest BCUT2D eigenvalue weighted by atomic mass is 16.5. The van der Waals surface area contributed by atoms with E-state index in [-0.39, 0.29) is 18.4 Å². The molecule has 5 nitrogen and oxygen atoms in total. The summed E-state index contributed by atoms with van der Waals surface area (Å²) in [5, 5.41) is 0. The van der Waals surface area contributed by atoms with Gasteiger partial charge in [0.15, 0.2) is 0 Å². The van der Waals surface area contributed by atoms with Gasteiger partial charge in [-0.25, -0.2) is 0 Å². The summed E-state index contributed by atoms with van der Waals surface area (Å²) in [4.78, 5) is 28.5. The molecular weight excluding hydrogens is 364 g/mol. The second kappa shape index (κ2) is 10.1. The number of ether oxygens (including phenoxy) is 1. The van der Waals surface area contributed by atoms with E-state index in [0.29, 0.717) is 12.5 Å². The fraction of sp³-hybridized carbons (Fsp3) is 0.417. The number of hydrogen-bond acceptors (Lipinski definition) is 3. The Hall–Kier alpha value is -2.82. The number of para-hydroxylation sites is 1. The van der Waals surface area contributed by atoms with Gasteiger partial charge in [0.2, 0.25) is 11.8 Å². The minimum absolute atomic E-state index is 0.0215. The van der Waals surface area contributed by atoms with Crippen LogP contribution in [0.4, 0.5) is 0 Å². The van der Waals surface area contributed by atoms with Gasteiger partial charge in [0.25, 0.3) is 0 Å². The molecule has 2 amide bonds. The minimum Gasteiger partial charge on any atom is -0.496 e. The zero-order valence-electron chi connectivity index (χ0n) is 17.3. The van der Waals surface area contributed by atoms with Gasteiger partial charge in [0, 0.05) is 32.1 Å². The number of methoxy groups -OCH3 is 1. The van der Waals surface area contributed by atoms with Crippen molar-refractivity contribution < 1.29 is 14.3 Å². The quantitative estimate of drug-likeness (QED) is 0.722. The van der Waals surface area contributed by atoms with E-state index in [0.717, 1.165) is 43.7 Å². The molecule has 1 heterocycles. The van der Waals surface area contributed by atoms with Crippen LogP contribution < -0.4 is 4.74 Å². The van der Waals surface area contributed by atoms with Crippen molar-refractivity contribution in [2.45, 2.75) is 32.7 Å². The summed E-state index contributed by atoms with van der Waals surface area (Å²) in [6, 6.07) is 18.1. The molecule has 0 N–H and O–H groups in total. The number of hydrogen-bond donors (Lipinski definition) is 0. The summed E-state index contributed by atoms with van der Waals surface area (Å²) in [5.41, 5.74) is 2.26. The van der Waals surface area contributed by atoms with Crippen molar-refractivity contribution in [1.82, 2.24) is 9.80 Å². The Balaban J connectivity index is 1.53. The van der Waals surface area contributed by atoms with Gasteiger partial charge in [0.1, 0.15) is 12.3 Å². The summed E-state index contributed by atoms with van der Waals surface area (Å²) in [6.45, 7) is 3.51. The molecule has 0 aromatic heterocycles. The second-order valence-electron chi connectivity index (χ2n) is 7.70. The fourth-order valence-corrected chi connectivity index (χ4v) is 3.91. The molecule has 1 aliphatic rings. The third-order valence-electron chi connectivity index (χ3n) is 5.66. The van der Waals surface area contributed by atoms with Crippen LogP contribution in [-0.4, -0.2) is 48.4 Å². The second-order valence-corrected chi connectivity index (χ2v) is 7.70. The predicted molar refractivity (Wildman–Crippen MR) is 114 cm³/mol. The van der Waals surface area contributed by atoms with Gasteiger partial charge in [-0.15, -0.1) is 0 Å². The number of likely N-dealkylation sites (tertiary alicyclic amines) is 1. The normalized spacial score (nSPS) is 14.5. The lowest BCUT2D eigenvalue weighted by molar-refractivity contribution is -0.140. The molecule has 0 bridgehead atoms. The monoisotopic (exact) mass is 394 g/mol. The van der Waals surface area contributed by atoms with Gasteiger partial charge in [-0.05, 0) is 36.8 Å². The first-order valence-electron chi connectivity index (χ1n) is 10.3. The molecule has 0 spiro atoms. The molecule has 154 valence electrons. The third-order valence-corrected chi connectivity index (χ3v) is 5.66. The van der Waals surface area contributed by atoms with Gasteiger partial charge in [-0.1, -0.05) is 48.5 Å². The van der Waals surface area contributed by atoms with E-state index in [1.807, 2.05) is 35.2 Å². The first kappa shape index (κ1) is 20.9. The van der Waals surface area contributed by atoms with Crippen LogP contribution in [0.15, 0.2) is 54.6 Å². The maximum absolute atomic E-state index is 12.8. The zero-order valence-corrected chi connectivity index (χ0v) is 17.3. The van der Waals surface area contributed by atoms with Crippen molar-refractivity contribution in [2.75, 3.05) is 26.7 Å². The number of benzene rings is 2. The van der Waals surface area contributed by atoms with Crippen molar-refractivity contribution in [2.24, 2.45) is 5.92 Å². The van der Waals surface area contributed by atoms with E-state index in [4.69, 9.17) is 4.74 Å². The van der Waals surface area contributed by atoms with Crippen LogP contribution in [0.3, 0.4) is 0 Å². The minimum atomic E-state index is -0.108. The lowest BCUT2D eigenvalue weighted by atomic mass is 9.90. The average molecular weight is 395 g/mol. The average Bonchev–Trinajstić information content (AvgIpc) is 2.74. The molecule has 1 saturated heterocycles. The van der Waals surface area contributed by atoms with E-state index >= 15 is 0 Å². The SMILES string of the molecule is COc1ccccc1CN(CC(=O)N1CCC(Cc2ccccc2)CC1)C(C)=O. The topological polar surface area (TPSA) is 49.9 Å². The largest absolute Gasteiger partial charge is 0.496 e. The van der Waals surface area contributed by atoms with Crippen molar-refractivity contribution in [1.29, 1.82) is 0 Å². The van der Waals surface area contributed by atoms with Gasteiger partial charge in [0.05, 0.1) is 7.11 Å². The first-order chi connectivity index (χ1) is 14.1. The Morgan fingerprint density at radius 2 is 1.69 bits per heavy atom. The Morgan fingerprint density at radius 3 is 2.34 bits per heavy atom. The summed E-state index contributed by atoms with van der Waals surface area (Å²) in [7, 11) is 1.61. The number of nitrogens with zero attached hydrogens (tertiary/aromatic N) is 2. The summed E-state index contributed by atoms with van der Waals surface area (Å²) < 4.78 is 5.37. The smallest absolute Gasteiger partial charge is 0.242 e. The number of amides is 2. The lowest BCUT2D eigenvalue weighted by Gasteiger charge is -2.33. The molecular formula is C24H30N2O3. The number of carbonyl (C=O) groups is 2. The fourth-order valence-electron chi connectivity index (χ4n) is 3.91. The molecule has 3 rings (SSSR count). The van der Waals surface area contributed by atoms with Gasteiger partial charge in [-0.3, -0.25) is 9.59 Å². The van der Waals surface area contributed by atoms with E-state index < -0.39 is 0 Å². The number of piperidine rings is 1. The third kappa shape index (κ3) is 5.83. The van der Waals surface area contributed by atoms with Crippen LogP contribution in [0.5, 0.6) is 5.75 Å². The van der Waals surface area contributed by atoms with Gasteiger partial charge >= 0.3 is 0 Å². The zero-order chi connectivity index (χ0) is 20.6. The van der Waals surface area contributed by atoms with Crippen molar-refractivity contribution in [3.63, 3.8) is 0 Å². The van der Waals surface area contributed by atoms with Crippen LogP contribution in [0, 0.1) is 5.92 Å². The number of rotatable bonds is 7. The molecule has 1 aliphatic heterocycles. The van der Waals surface area contributed by atoms with E-state index in [1.54, 1.807) is 12.0 Å². The maximum Gasteiger partial charge on any atom is 0.242 e. The molecule has 2 aromatic rings. The summed E-state index contributed by atoms with van der Waals surface area (Å²) in [5.74, 6) is 1.25. The summed E-state index contributed by atoms with van der Waals surface area (Å²) in [6.07, 6.45) is 3.08. The lowest BCUT2D eigenvalue weighted by Crippen LogP contribution is -2.45. The van der Waals surface area contributed by atoms with Gasteiger partial charge < -0.3 is 14.5 Å². The maximum atomic E-state index is 12.8. The van der Waals surface area contributed by atoms with Crippen molar-refractivity contribution in [3.8, 4) is 5.75 Å². The molecule has 1 fully saturated rings. The number of carbonyl (C=O) groups excluding carboxylic acids is 2. The van der Waals surface area contributed by atoms with Crippen molar-refractivity contribution >= 4 is 11.8 Å². The molecule has 0 saturated carbocycles. The van der Waals surface area contributed by atoms with Crippen LogP contribution in [0.2, 0.25) is 0 Å². The first-order valence-corrected chi connectivity index (χ1v) is 10.3. The molecule has 0 atom stereocenters.